The van der Waals surface area contributed by atoms with Crippen molar-refractivity contribution >= 4 is 5.82 Å². The summed E-state index contributed by atoms with van der Waals surface area (Å²) in [6.07, 6.45) is 0. The fraction of sp³-hybridized carbons (Fsp3) is 0.375. The third-order valence-electron chi connectivity index (χ3n) is 3.06. The second kappa shape index (κ2) is 7.59. The van der Waals surface area contributed by atoms with Crippen molar-refractivity contribution in [3.05, 3.63) is 47.3 Å². The fourth-order valence-corrected chi connectivity index (χ4v) is 2.00. The van der Waals surface area contributed by atoms with E-state index in [9.17, 15) is 0 Å². The Kier molecular flexibility index (Phi) is 5.51. The fourth-order valence-electron chi connectivity index (χ4n) is 2.00. The van der Waals surface area contributed by atoms with Crippen LogP contribution < -0.4 is 10.1 Å². The number of nitrogens with one attached hydrogen (secondary N) is 1. The average molecular weight is 287 g/mol. The second-order valence-electron chi connectivity index (χ2n) is 4.60. The molecule has 5 nitrogen and oxygen atoms in total. The lowest BCUT2D eigenvalue weighted by Gasteiger charge is -2.12. The molecule has 0 aliphatic rings. The Bertz CT molecular complexity index is 587. The van der Waals surface area contributed by atoms with Gasteiger partial charge in [-0.05, 0) is 25.0 Å². The molecule has 2 aromatic rings. The van der Waals surface area contributed by atoms with Gasteiger partial charge in [0.1, 0.15) is 11.6 Å². The van der Waals surface area contributed by atoms with Crippen LogP contribution in [0.5, 0.6) is 5.88 Å². The highest BCUT2D eigenvalue weighted by atomic mass is 16.5. The summed E-state index contributed by atoms with van der Waals surface area (Å²) in [5.41, 5.74) is 2.38. The normalized spacial score (nSPS) is 10.4. The number of nitrogens with zero attached hydrogens (tertiary/aromatic N) is 2. The maximum Gasteiger partial charge on any atom is 0.218 e. The highest BCUT2D eigenvalue weighted by molar-refractivity contribution is 5.40. The Balaban J connectivity index is 2.07. The summed E-state index contributed by atoms with van der Waals surface area (Å²) in [5.74, 6) is 2.00. The molecule has 0 saturated heterocycles. The lowest BCUT2D eigenvalue weighted by Crippen LogP contribution is -2.07. The summed E-state index contributed by atoms with van der Waals surface area (Å²) in [6, 6.07) is 10.0. The van der Waals surface area contributed by atoms with Crippen LogP contribution in [0.4, 0.5) is 5.82 Å². The largest absolute Gasteiger partial charge is 0.481 e. The zero-order chi connectivity index (χ0) is 15.1. The van der Waals surface area contributed by atoms with Gasteiger partial charge in [0.2, 0.25) is 5.88 Å². The van der Waals surface area contributed by atoms with Crippen molar-refractivity contribution in [2.24, 2.45) is 0 Å². The van der Waals surface area contributed by atoms with Crippen molar-refractivity contribution in [2.75, 3.05) is 19.0 Å². The standard InChI is InChI=1S/C16H21N3O2/c1-4-21-11-14-8-6-5-7-13(14)10-17-15-9-16(20-3)19-12(2)18-15/h5-9H,4,10-11H2,1-3H3,(H,17,18,19). The first kappa shape index (κ1) is 15.3. The van der Waals surface area contributed by atoms with Gasteiger partial charge in [0.15, 0.2) is 0 Å². The third kappa shape index (κ3) is 4.43. The Hall–Kier alpha value is -2.14. The molecule has 1 N–H and O–H groups in total. The number of anilines is 1. The first-order valence-corrected chi connectivity index (χ1v) is 7.01. The van der Waals surface area contributed by atoms with Gasteiger partial charge in [-0.1, -0.05) is 24.3 Å². The van der Waals surface area contributed by atoms with Crippen molar-refractivity contribution in [3.63, 3.8) is 0 Å². The maximum atomic E-state index is 5.49. The number of hydrogen-bond acceptors (Lipinski definition) is 5. The molecule has 1 heterocycles. The first-order valence-electron chi connectivity index (χ1n) is 7.01. The van der Waals surface area contributed by atoms with E-state index < -0.39 is 0 Å². The van der Waals surface area contributed by atoms with E-state index in [1.165, 1.54) is 11.1 Å². The van der Waals surface area contributed by atoms with Crippen molar-refractivity contribution in [2.45, 2.75) is 27.0 Å². The molecule has 5 heteroatoms. The highest BCUT2D eigenvalue weighted by Crippen LogP contribution is 2.16. The van der Waals surface area contributed by atoms with E-state index in [4.69, 9.17) is 9.47 Å². The smallest absolute Gasteiger partial charge is 0.218 e. The molecule has 21 heavy (non-hydrogen) atoms. The van der Waals surface area contributed by atoms with E-state index >= 15 is 0 Å². The molecule has 0 amide bonds. The number of hydrogen-bond donors (Lipinski definition) is 1. The SMILES string of the molecule is CCOCc1ccccc1CNc1cc(OC)nc(C)n1. The Labute approximate surface area is 125 Å². The van der Waals surface area contributed by atoms with Gasteiger partial charge in [0.05, 0.1) is 13.7 Å². The highest BCUT2D eigenvalue weighted by Gasteiger charge is 2.04. The van der Waals surface area contributed by atoms with Crippen LogP contribution in [0.25, 0.3) is 0 Å². The summed E-state index contributed by atoms with van der Waals surface area (Å²) in [4.78, 5) is 8.53. The van der Waals surface area contributed by atoms with E-state index in [1.54, 1.807) is 13.2 Å². The first-order chi connectivity index (χ1) is 10.2. The maximum absolute atomic E-state index is 5.49. The quantitative estimate of drug-likeness (QED) is 0.848. The predicted molar refractivity (Wildman–Crippen MR) is 82.4 cm³/mol. The average Bonchev–Trinajstić information content (AvgIpc) is 2.51. The lowest BCUT2D eigenvalue weighted by atomic mass is 10.1. The minimum atomic E-state index is 0.563. The number of methoxy groups -OCH3 is 1. The number of ether oxygens (including phenoxy) is 2. The van der Waals surface area contributed by atoms with Crippen LogP contribution in [-0.2, 0) is 17.9 Å². The van der Waals surface area contributed by atoms with E-state index in [0.717, 1.165) is 5.82 Å². The molecular weight excluding hydrogens is 266 g/mol. The van der Waals surface area contributed by atoms with Crippen LogP contribution >= 0.6 is 0 Å². The van der Waals surface area contributed by atoms with Crippen molar-refractivity contribution in [1.29, 1.82) is 0 Å². The number of rotatable bonds is 7. The molecule has 0 spiro atoms. The molecule has 0 aliphatic heterocycles. The molecule has 0 fully saturated rings. The van der Waals surface area contributed by atoms with E-state index in [0.29, 0.717) is 31.5 Å². The van der Waals surface area contributed by atoms with Crippen LogP contribution in [0, 0.1) is 6.92 Å². The number of aromatic nitrogens is 2. The molecule has 0 aliphatic carbocycles. The zero-order valence-electron chi connectivity index (χ0n) is 12.7. The molecule has 0 radical (unpaired) electrons. The molecule has 2 rings (SSSR count). The molecule has 1 aromatic heterocycles. The zero-order valence-corrected chi connectivity index (χ0v) is 12.7. The Morgan fingerprint density at radius 2 is 1.90 bits per heavy atom. The van der Waals surface area contributed by atoms with E-state index in [2.05, 4.69) is 27.4 Å². The van der Waals surface area contributed by atoms with Crippen LogP contribution in [0.15, 0.2) is 30.3 Å². The van der Waals surface area contributed by atoms with Crippen molar-refractivity contribution in [1.82, 2.24) is 9.97 Å². The molecular formula is C16H21N3O2. The van der Waals surface area contributed by atoms with Gasteiger partial charge < -0.3 is 14.8 Å². The summed E-state index contributed by atoms with van der Waals surface area (Å²) >= 11 is 0. The third-order valence-corrected chi connectivity index (χ3v) is 3.06. The van der Waals surface area contributed by atoms with Crippen LogP contribution in [0.3, 0.4) is 0 Å². The molecule has 0 atom stereocenters. The van der Waals surface area contributed by atoms with Crippen molar-refractivity contribution in [3.8, 4) is 5.88 Å². The lowest BCUT2D eigenvalue weighted by molar-refractivity contribution is 0.133. The van der Waals surface area contributed by atoms with Gasteiger partial charge in [-0.15, -0.1) is 0 Å². The van der Waals surface area contributed by atoms with Gasteiger partial charge >= 0.3 is 0 Å². The molecule has 112 valence electrons. The van der Waals surface area contributed by atoms with Crippen LogP contribution in [0.1, 0.15) is 23.9 Å². The summed E-state index contributed by atoms with van der Waals surface area (Å²) < 4.78 is 10.6. The number of aryl methyl sites for hydroxylation is 1. The van der Waals surface area contributed by atoms with Crippen molar-refractivity contribution < 1.29 is 9.47 Å². The molecule has 1 aromatic carbocycles. The molecule has 0 bridgehead atoms. The van der Waals surface area contributed by atoms with Gasteiger partial charge in [-0.25, -0.2) is 4.98 Å². The van der Waals surface area contributed by atoms with Gasteiger partial charge in [0.25, 0.3) is 0 Å². The second-order valence-corrected chi connectivity index (χ2v) is 4.60. The minimum Gasteiger partial charge on any atom is -0.481 e. The monoisotopic (exact) mass is 287 g/mol. The summed E-state index contributed by atoms with van der Waals surface area (Å²) in [5, 5.41) is 3.31. The van der Waals surface area contributed by atoms with Gasteiger partial charge in [-0.3, -0.25) is 0 Å². The topological polar surface area (TPSA) is 56.3 Å². The number of benzene rings is 1. The molecule has 0 saturated carbocycles. The van der Waals surface area contributed by atoms with E-state index in [-0.39, 0.29) is 0 Å². The van der Waals surface area contributed by atoms with Gasteiger partial charge in [0, 0.05) is 19.2 Å². The minimum absolute atomic E-state index is 0.563. The Morgan fingerprint density at radius 1 is 1.14 bits per heavy atom. The summed E-state index contributed by atoms with van der Waals surface area (Å²) in [7, 11) is 1.60. The summed E-state index contributed by atoms with van der Waals surface area (Å²) in [6.45, 7) is 5.86. The van der Waals surface area contributed by atoms with E-state index in [1.807, 2.05) is 26.0 Å². The van der Waals surface area contributed by atoms with Crippen LogP contribution in [-0.4, -0.2) is 23.7 Å². The predicted octanol–water partition coefficient (Wildman–Crippen LogP) is 2.94. The molecule has 0 unspecified atom stereocenters. The van der Waals surface area contributed by atoms with Crippen LogP contribution in [0.2, 0.25) is 0 Å². The Morgan fingerprint density at radius 3 is 2.62 bits per heavy atom. The van der Waals surface area contributed by atoms with Gasteiger partial charge in [-0.2, -0.15) is 4.98 Å².